The number of benzene rings is 1. The molecule has 0 radical (unpaired) electrons. The molecular weight excluding hydrogens is 329 g/mol. The first-order chi connectivity index (χ1) is 9.95. The molecule has 1 aromatic carbocycles. The molecule has 110 valence electrons. The van der Waals surface area contributed by atoms with Crippen LogP contribution >= 0.6 is 34.5 Å². The number of ketones is 1. The molecule has 0 atom stereocenters. The Morgan fingerprint density at radius 3 is 2.52 bits per heavy atom. The Balaban J connectivity index is 1.87. The Morgan fingerprint density at radius 1 is 1.14 bits per heavy atom. The van der Waals surface area contributed by atoms with Crippen molar-refractivity contribution in [3.05, 3.63) is 50.1 Å². The van der Waals surface area contributed by atoms with Crippen LogP contribution in [0.3, 0.4) is 0 Å². The summed E-state index contributed by atoms with van der Waals surface area (Å²) in [5.41, 5.74) is 1.57. The zero-order valence-electron chi connectivity index (χ0n) is 11.3. The van der Waals surface area contributed by atoms with Crippen LogP contribution < -0.4 is 5.32 Å². The van der Waals surface area contributed by atoms with Gasteiger partial charge in [0.05, 0.1) is 9.21 Å². The summed E-state index contributed by atoms with van der Waals surface area (Å²) in [6.07, 6.45) is 0.280. The van der Waals surface area contributed by atoms with Crippen LogP contribution in [0.4, 0.5) is 5.69 Å². The molecule has 0 aliphatic rings. The van der Waals surface area contributed by atoms with Gasteiger partial charge < -0.3 is 5.32 Å². The molecule has 1 N–H and O–H groups in total. The van der Waals surface area contributed by atoms with Crippen molar-refractivity contribution in [1.29, 1.82) is 0 Å². The fourth-order valence-electron chi connectivity index (χ4n) is 1.71. The summed E-state index contributed by atoms with van der Waals surface area (Å²) in [6.45, 7) is 1.89. The van der Waals surface area contributed by atoms with Gasteiger partial charge in [0, 0.05) is 23.6 Å². The lowest BCUT2D eigenvalue weighted by atomic mass is 10.2. The molecule has 0 bridgehead atoms. The van der Waals surface area contributed by atoms with Crippen LogP contribution in [-0.4, -0.2) is 11.7 Å². The Morgan fingerprint density at radius 2 is 1.90 bits per heavy atom. The molecule has 0 aliphatic heterocycles. The number of aryl methyl sites for hydroxylation is 1. The molecule has 0 saturated carbocycles. The van der Waals surface area contributed by atoms with Gasteiger partial charge in [0.1, 0.15) is 0 Å². The minimum atomic E-state index is -0.217. The summed E-state index contributed by atoms with van der Waals surface area (Å²) in [4.78, 5) is 24.3. The summed E-state index contributed by atoms with van der Waals surface area (Å²) >= 11 is 13.0. The quantitative estimate of drug-likeness (QED) is 0.780. The van der Waals surface area contributed by atoms with Crippen molar-refractivity contribution < 1.29 is 9.59 Å². The number of carbonyl (C=O) groups is 2. The van der Waals surface area contributed by atoms with Crippen molar-refractivity contribution in [2.45, 2.75) is 19.8 Å². The number of hydrogen-bond donors (Lipinski definition) is 1. The van der Waals surface area contributed by atoms with Gasteiger partial charge in [-0.1, -0.05) is 29.3 Å². The van der Waals surface area contributed by atoms with E-state index in [4.69, 9.17) is 23.2 Å². The van der Waals surface area contributed by atoms with E-state index in [0.29, 0.717) is 19.9 Å². The molecule has 0 aliphatic carbocycles. The summed E-state index contributed by atoms with van der Waals surface area (Å²) in [7, 11) is 0. The lowest BCUT2D eigenvalue weighted by molar-refractivity contribution is -0.116. The molecule has 3 nitrogen and oxygen atoms in total. The van der Waals surface area contributed by atoms with Crippen molar-refractivity contribution in [1.82, 2.24) is 0 Å². The Hall–Kier alpha value is -1.36. The first-order valence-electron chi connectivity index (χ1n) is 6.30. The average Bonchev–Trinajstić information content (AvgIpc) is 2.87. The highest BCUT2D eigenvalue weighted by Crippen LogP contribution is 2.23. The lowest BCUT2D eigenvalue weighted by Gasteiger charge is -2.06. The van der Waals surface area contributed by atoms with E-state index in [1.165, 1.54) is 11.3 Å². The number of amides is 1. The summed E-state index contributed by atoms with van der Waals surface area (Å²) in [5, 5.41) is 3.32. The normalized spacial score (nSPS) is 10.4. The number of thiophene rings is 1. The zero-order chi connectivity index (χ0) is 15.4. The van der Waals surface area contributed by atoms with Crippen molar-refractivity contribution in [3.8, 4) is 0 Å². The number of hydrogen-bond acceptors (Lipinski definition) is 3. The molecular formula is C15H13Cl2NO2S. The second kappa shape index (κ2) is 7.07. The van der Waals surface area contributed by atoms with Crippen LogP contribution in [0.2, 0.25) is 9.36 Å². The number of carbonyl (C=O) groups excluding carboxylic acids is 2. The second-order valence-corrected chi connectivity index (χ2v) is 6.66. The van der Waals surface area contributed by atoms with Crippen molar-refractivity contribution in [2.24, 2.45) is 0 Å². The summed E-state index contributed by atoms with van der Waals surface area (Å²) < 4.78 is 0.567. The molecule has 21 heavy (non-hydrogen) atoms. The van der Waals surface area contributed by atoms with Crippen molar-refractivity contribution in [2.75, 3.05) is 5.32 Å². The number of anilines is 1. The lowest BCUT2D eigenvalue weighted by Crippen LogP contribution is -2.13. The van der Waals surface area contributed by atoms with Gasteiger partial charge in [-0.15, -0.1) is 11.3 Å². The smallest absolute Gasteiger partial charge is 0.224 e. The summed E-state index contributed by atoms with van der Waals surface area (Å²) in [6, 6.07) is 8.65. The molecule has 0 fully saturated rings. The second-order valence-electron chi connectivity index (χ2n) is 4.54. The largest absolute Gasteiger partial charge is 0.326 e. The van der Waals surface area contributed by atoms with Gasteiger partial charge in [0.25, 0.3) is 0 Å². The third-order valence-electron chi connectivity index (χ3n) is 2.88. The molecule has 1 aromatic heterocycles. The number of nitrogens with one attached hydrogen (secondary N) is 1. The third kappa shape index (κ3) is 4.56. The Labute approximate surface area is 136 Å². The van der Waals surface area contributed by atoms with Gasteiger partial charge in [-0.25, -0.2) is 0 Å². The van der Waals surface area contributed by atoms with E-state index in [0.717, 1.165) is 5.56 Å². The molecule has 1 heterocycles. The van der Waals surface area contributed by atoms with Crippen LogP contribution in [-0.2, 0) is 4.79 Å². The number of rotatable bonds is 5. The molecule has 0 saturated heterocycles. The number of halogens is 2. The van der Waals surface area contributed by atoms with E-state index in [9.17, 15) is 9.59 Å². The van der Waals surface area contributed by atoms with Gasteiger partial charge >= 0.3 is 0 Å². The van der Waals surface area contributed by atoms with Gasteiger partial charge in [0.15, 0.2) is 5.78 Å². The van der Waals surface area contributed by atoms with E-state index < -0.39 is 0 Å². The molecule has 2 aromatic rings. The first-order valence-corrected chi connectivity index (χ1v) is 7.87. The van der Waals surface area contributed by atoms with E-state index in [1.807, 2.05) is 13.0 Å². The minimum absolute atomic E-state index is 0.0796. The first kappa shape index (κ1) is 16.0. The van der Waals surface area contributed by atoms with E-state index in [1.54, 1.807) is 24.3 Å². The molecule has 0 spiro atoms. The van der Waals surface area contributed by atoms with E-state index in [-0.39, 0.29) is 24.5 Å². The molecule has 6 heteroatoms. The van der Waals surface area contributed by atoms with Crippen LogP contribution in [0.25, 0.3) is 0 Å². The van der Waals surface area contributed by atoms with Gasteiger partial charge in [-0.2, -0.15) is 0 Å². The predicted octanol–water partition coefficient (Wildman–Crippen LogP) is 4.96. The highest BCUT2D eigenvalue weighted by atomic mass is 35.5. The fraction of sp³-hybridized carbons (Fsp3) is 0.200. The van der Waals surface area contributed by atoms with Crippen LogP contribution in [0.1, 0.15) is 28.1 Å². The van der Waals surface area contributed by atoms with Crippen LogP contribution in [0.15, 0.2) is 30.3 Å². The predicted molar refractivity (Wildman–Crippen MR) is 87.7 cm³/mol. The zero-order valence-corrected chi connectivity index (χ0v) is 13.6. The van der Waals surface area contributed by atoms with Crippen molar-refractivity contribution in [3.63, 3.8) is 0 Å². The monoisotopic (exact) mass is 341 g/mol. The van der Waals surface area contributed by atoms with Gasteiger partial charge in [-0.05, 0) is 36.8 Å². The highest BCUT2D eigenvalue weighted by Gasteiger charge is 2.12. The Bertz CT molecular complexity index is 682. The maximum absolute atomic E-state index is 11.9. The molecule has 2 rings (SSSR count). The third-order valence-corrected chi connectivity index (χ3v) is 4.56. The molecule has 0 unspecified atom stereocenters. The Kier molecular flexibility index (Phi) is 5.39. The number of Topliss-reactive ketones (excluding diaryl/α,β-unsaturated/α-hetero) is 1. The maximum atomic E-state index is 11.9. The van der Waals surface area contributed by atoms with Crippen LogP contribution in [0, 0.1) is 6.92 Å². The molecule has 1 amide bonds. The van der Waals surface area contributed by atoms with Crippen molar-refractivity contribution >= 4 is 51.9 Å². The standard InChI is InChI=1S/C15H13Cl2NO2S/c1-9-2-3-10(8-11(9)16)18-15(20)7-4-12(19)13-5-6-14(17)21-13/h2-3,5-6,8H,4,7H2,1H3,(H,18,20). The topological polar surface area (TPSA) is 46.2 Å². The summed E-state index contributed by atoms with van der Waals surface area (Å²) in [5.74, 6) is -0.296. The highest BCUT2D eigenvalue weighted by molar-refractivity contribution is 7.18. The van der Waals surface area contributed by atoms with Gasteiger partial charge in [0.2, 0.25) is 5.91 Å². The SMILES string of the molecule is Cc1ccc(NC(=O)CCC(=O)c2ccc(Cl)s2)cc1Cl. The van der Waals surface area contributed by atoms with Crippen LogP contribution in [0.5, 0.6) is 0 Å². The van der Waals surface area contributed by atoms with E-state index >= 15 is 0 Å². The van der Waals surface area contributed by atoms with Gasteiger partial charge in [-0.3, -0.25) is 9.59 Å². The van der Waals surface area contributed by atoms with E-state index in [2.05, 4.69) is 5.32 Å². The minimum Gasteiger partial charge on any atom is -0.326 e. The maximum Gasteiger partial charge on any atom is 0.224 e. The fourth-order valence-corrected chi connectivity index (χ4v) is 2.90. The average molecular weight is 342 g/mol.